The highest BCUT2D eigenvalue weighted by atomic mass is 32.2. The van der Waals surface area contributed by atoms with Gasteiger partial charge >= 0.3 is 0 Å². The minimum Gasteiger partial charge on any atom is -0.497 e. The van der Waals surface area contributed by atoms with Crippen LogP contribution in [0.5, 0.6) is 5.75 Å². The third kappa shape index (κ3) is 3.76. The van der Waals surface area contributed by atoms with E-state index in [-0.39, 0.29) is 17.9 Å². The number of benzene rings is 1. The molecule has 1 amide bonds. The van der Waals surface area contributed by atoms with Crippen LogP contribution < -0.4 is 10.5 Å². The van der Waals surface area contributed by atoms with Gasteiger partial charge in [0.15, 0.2) is 0 Å². The van der Waals surface area contributed by atoms with Gasteiger partial charge in [0.25, 0.3) is 0 Å². The van der Waals surface area contributed by atoms with Crippen molar-refractivity contribution in [1.82, 2.24) is 4.90 Å². The zero-order valence-electron chi connectivity index (χ0n) is 13.0. The number of thioether (sulfide) groups is 1. The molecule has 1 saturated carbocycles. The van der Waals surface area contributed by atoms with Crippen molar-refractivity contribution >= 4 is 17.7 Å². The number of ether oxygens (including phenoxy) is 1. The Hall–Kier alpha value is -1.20. The standard InChI is InChI=1S/C17H24N2O2S/c1-21-14-4-2-3-13(7-14)15-8-19(9-16(15)18)17(20)11-22-10-12-5-6-12/h2-4,7,12,15-16H,5-6,8-11,18H2,1H3/t15-,16+/m1/s1. The summed E-state index contributed by atoms with van der Waals surface area (Å²) in [4.78, 5) is 14.2. The van der Waals surface area contributed by atoms with Gasteiger partial charge in [-0.15, -0.1) is 0 Å². The molecule has 5 heteroatoms. The van der Waals surface area contributed by atoms with E-state index in [0.717, 1.165) is 29.5 Å². The molecule has 0 spiro atoms. The molecule has 1 heterocycles. The highest BCUT2D eigenvalue weighted by molar-refractivity contribution is 7.99. The lowest BCUT2D eigenvalue weighted by atomic mass is 9.95. The summed E-state index contributed by atoms with van der Waals surface area (Å²) in [6.07, 6.45) is 2.68. The SMILES string of the molecule is COc1cccc([C@H]2CN(C(=O)CSCC3CC3)C[C@@H]2N)c1. The first-order valence-corrected chi connectivity index (χ1v) is 9.08. The van der Waals surface area contributed by atoms with E-state index in [4.69, 9.17) is 10.5 Å². The molecule has 4 nitrogen and oxygen atoms in total. The first-order chi connectivity index (χ1) is 10.7. The van der Waals surface area contributed by atoms with Gasteiger partial charge in [-0.25, -0.2) is 0 Å². The molecule has 2 fully saturated rings. The van der Waals surface area contributed by atoms with E-state index in [1.54, 1.807) is 18.9 Å². The summed E-state index contributed by atoms with van der Waals surface area (Å²) >= 11 is 1.77. The summed E-state index contributed by atoms with van der Waals surface area (Å²) in [6, 6.07) is 8.02. The number of amides is 1. The Kier molecular flexibility index (Phi) is 4.93. The van der Waals surface area contributed by atoms with Crippen molar-refractivity contribution in [2.45, 2.75) is 24.8 Å². The van der Waals surface area contributed by atoms with Gasteiger partial charge in [-0.3, -0.25) is 4.79 Å². The maximum absolute atomic E-state index is 12.3. The molecule has 0 bridgehead atoms. The number of nitrogens with two attached hydrogens (primary N) is 1. The molecule has 2 N–H and O–H groups in total. The first-order valence-electron chi connectivity index (χ1n) is 7.92. The smallest absolute Gasteiger partial charge is 0.232 e. The Morgan fingerprint density at radius 2 is 2.23 bits per heavy atom. The molecule has 1 aromatic rings. The van der Waals surface area contributed by atoms with Gasteiger partial charge in [-0.1, -0.05) is 12.1 Å². The minimum absolute atomic E-state index is 0.00416. The molecule has 120 valence electrons. The molecule has 1 aliphatic heterocycles. The highest BCUT2D eigenvalue weighted by Gasteiger charge is 2.34. The van der Waals surface area contributed by atoms with E-state index in [1.807, 2.05) is 23.1 Å². The summed E-state index contributed by atoms with van der Waals surface area (Å²) in [5, 5.41) is 0. The van der Waals surface area contributed by atoms with Crippen LogP contribution in [0.25, 0.3) is 0 Å². The van der Waals surface area contributed by atoms with Gasteiger partial charge in [0.1, 0.15) is 5.75 Å². The van der Waals surface area contributed by atoms with Gasteiger partial charge in [-0.05, 0) is 42.2 Å². The number of likely N-dealkylation sites (tertiary alicyclic amines) is 1. The average molecular weight is 320 g/mol. The predicted molar refractivity (Wildman–Crippen MR) is 90.3 cm³/mol. The van der Waals surface area contributed by atoms with Crippen molar-refractivity contribution in [3.63, 3.8) is 0 Å². The fraction of sp³-hybridized carbons (Fsp3) is 0.588. The Balaban J connectivity index is 1.56. The molecule has 1 aliphatic carbocycles. The predicted octanol–water partition coefficient (Wildman–Crippen LogP) is 2.09. The van der Waals surface area contributed by atoms with E-state index in [1.165, 1.54) is 12.8 Å². The van der Waals surface area contributed by atoms with Crippen LogP contribution in [0.15, 0.2) is 24.3 Å². The summed E-state index contributed by atoms with van der Waals surface area (Å²) in [5.41, 5.74) is 7.44. The second-order valence-electron chi connectivity index (χ2n) is 6.30. The quantitative estimate of drug-likeness (QED) is 0.872. The molecule has 0 aromatic heterocycles. The molecule has 2 aliphatic rings. The van der Waals surface area contributed by atoms with Crippen molar-refractivity contribution in [3.8, 4) is 5.75 Å². The average Bonchev–Trinajstić information content (AvgIpc) is 3.27. The number of carbonyl (C=O) groups excluding carboxylic acids is 1. The van der Waals surface area contributed by atoms with Crippen molar-refractivity contribution in [3.05, 3.63) is 29.8 Å². The molecule has 0 radical (unpaired) electrons. The lowest BCUT2D eigenvalue weighted by molar-refractivity contribution is -0.127. The molecule has 0 unspecified atom stereocenters. The van der Waals surface area contributed by atoms with E-state index in [9.17, 15) is 4.79 Å². The number of hydrogen-bond acceptors (Lipinski definition) is 4. The van der Waals surface area contributed by atoms with Crippen LogP contribution in [0, 0.1) is 5.92 Å². The van der Waals surface area contributed by atoms with Crippen LogP contribution in [-0.4, -0.2) is 48.6 Å². The number of nitrogens with zero attached hydrogens (tertiary/aromatic N) is 1. The maximum Gasteiger partial charge on any atom is 0.232 e. The molecule has 3 rings (SSSR count). The van der Waals surface area contributed by atoms with Crippen molar-refractivity contribution in [1.29, 1.82) is 0 Å². The fourth-order valence-corrected chi connectivity index (χ4v) is 4.09. The normalized spacial score (nSPS) is 24.5. The van der Waals surface area contributed by atoms with Crippen LogP contribution >= 0.6 is 11.8 Å². The van der Waals surface area contributed by atoms with Gasteiger partial charge in [0.2, 0.25) is 5.91 Å². The van der Waals surface area contributed by atoms with Gasteiger partial charge < -0.3 is 15.4 Å². The Morgan fingerprint density at radius 3 is 2.95 bits per heavy atom. The Bertz CT molecular complexity index is 533. The minimum atomic E-state index is 0.00416. The van der Waals surface area contributed by atoms with Crippen molar-refractivity contribution in [2.75, 3.05) is 31.7 Å². The largest absolute Gasteiger partial charge is 0.497 e. The second kappa shape index (κ2) is 6.92. The zero-order valence-corrected chi connectivity index (χ0v) is 13.8. The van der Waals surface area contributed by atoms with Gasteiger partial charge in [0, 0.05) is 25.0 Å². The van der Waals surface area contributed by atoms with E-state index < -0.39 is 0 Å². The van der Waals surface area contributed by atoms with E-state index >= 15 is 0 Å². The Labute approximate surface area is 136 Å². The van der Waals surface area contributed by atoms with Crippen molar-refractivity contribution in [2.24, 2.45) is 11.7 Å². The summed E-state index contributed by atoms with van der Waals surface area (Å²) in [7, 11) is 1.67. The molecular formula is C17H24N2O2S. The second-order valence-corrected chi connectivity index (χ2v) is 7.33. The molecule has 22 heavy (non-hydrogen) atoms. The first kappa shape index (κ1) is 15.7. The third-order valence-electron chi connectivity index (χ3n) is 4.52. The van der Waals surface area contributed by atoms with E-state index in [0.29, 0.717) is 12.3 Å². The number of hydrogen-bond donors (Lipinski definition) is 1. The fourth-order valence-electron chi connectivity index (χ4n) is 2.95. The third-order valence-corrected chi connectivity index (χ3v) is 5.67. The number of carbonyl (C=O) groups is 1. The zero-order chi connectivity index (χ0) is 15.5. The van der Waals surface area contributed by atoms with E-state index in [2.05, 4.69) is 6.07 Å². The van der Waals surface area contributed by atoms with Crippen LogP contribution in [0.4, 0.5) is 0 Å². The summed E-state index contributed by atoms with van der Waals surface area (Å²) in [6.45, 7) is 1.38. The van der Waals surface area contributed by atoms with Crippen LogP contribution in [-0.2, 0) is 4.79 Å². The monoisotopic (exact) mass is 320 g/mol. The lowest BCUT2D eigenvalue weighted by Crippen LogP contribution is -2.33. The summed E-state index contributed by atoms with van der Waals surface area (Å²) in [5.74, 6) is 3.86. The lowest BCUT2D eigenvalue weighted by Gasteiger charge is -2.16. The van der Waals surface area contributed by atoms with Crippen molar-refractivity contribution < 1.29 is 9.53 Å². The molecule has 1 saturated heterocycles. The number of rotatable bonds is 6. The highest BCUT2D eigenvalue weighted by Crippen LogP contribution is 2.33. The molecule has 1 aromatic carbocycles. The van der Waals surface area contributed by atoms with Gasteiger partial charge in [0.05, 0.1) is 12.9 Å². The Morgan fingerprint density at radius 1 is 1.41 bits per heavy atom. The van der Waals surface area contributed by atoms with Crippen LogP contribution in [0.1, 0.15) is 24.3 Å². The van der Waals surface area contributed by atoms with Crippen LogP contribution in [0.3, 0.4) is 0 Å². The topological polar surface area (TPSA) is 55.6 Å². The molecular weight excluding hydrogens is 296 g/mol. The number of methoxy groups -OCH3 is 1. The van der Waals surface area contributed by atoms with Crippen LogP contribution in [0.2, 0.25) is 0 Å². The summed E-state index contributed by atoms with van der Waals surface area (Å²) < 4.78 is 5.28. The van der Waals surface area contributed by atoms with Gasteiger partial charge in [-0.2, -0.15) is 11.8 Å². The maximum atomic E-state index is 12.3. The molecule has 2 atom stereocenters.